The molecular weight excluding hydrogens is 558 g/mol. The Kier molecular flexibility index (Phi) is 9.34. The summed E-state index contributed by atoms with van der Waals surface area (Å²) in [7, 11) is 0. The zero-order valence-electron chi connectivity index (χ0n) is 19.8. The molecule has 39 heavy (non-hydrogen) atoms. The lowest BCUT2D eigenvalue weighted by atomic mass is 10.2. The topological polar surface area (TPSA) is 132 Å². The van der Waals surface area contributed by atoms with Crippen LogP contribution in [0.15, 0.2) is 48.9 Å². The van der Waals surface area contributed by atoms with Crippen LogP contribution in [0.3, 0.4) is 0 Å². The summed E-state index contributed by atoms with van der Waals surface area (Å²) >= 11 is 5.80. The first-order chi connectivity index (χ1) is 18.2. The number of aliphatic hydroxyl groups is 1. The van der Waals surface area contributed by atoms with Crippen molar-refractivity contribution in [1.82, 2.24) is 30.0 Å². The van der Waals surface area contributed by atoms with Crippen molar-refractivity contribution in [3.05, 3.63) is 65.3 Å². The van der Waals surface area contributed by atoms with Crippen molar-refractivity contribution >= 4 is 29.3 Å². The highest BCUT2D eigenvalue weighted by Crippen LogP contribution is 2.23. The summed E-state index contributed by atoms with van der Waals surface area (Å²) in [6.45, 7) is -2.10. The number of urea groups is 1. The second-order valence-electron chi connectivity index (χ2n) is 7.95. The molecule has 0 saturated heterocycles. The van der Waals surface area contributed by atoms with Crippen molar-refractivity contribution < 1.29 is 36.2 Å². The number of nitrogens with one attached hydrogen (secondary N) is 3. The van der Waals surface area contributed by atoms with Gasteiger partial charge in [0, 0.05) is 23.3 Å². The summed E-state index contributed by atoms with van der Waals surface area (Å²) in [5.41, 5.74) is 0.317. The molecule has 10 nitrogen and oxygen atoms in total. The van der Waals surface area contributed by atoms with Crippen LogP contribution in [0.5, 0.6) is 0 Å². The average Bonchev–Trinajstić information content (AvgIpc) is 3.33. The van der Waals surface area contributed by atoms with Crippen LogP contribution in [-0.2, 0) is 6.54 Å². The third-order valence-electron chi connectivity index (χ3n) is 5.04. The third kappa shape index (κ3) is 8.54. The van der Waals surface area contributed by atoms with Gasteiger partial charge in [-0.05, 0) is 36.4 Å². The van der Waals surface area contributed by atoms with Gasteiger partial charge in [0.25, 0.3) is 0 Å². The molecule has 0 aliphatic carbocycles. The maximum atomic E-state index is 13.0. The van der Waals surface area contributed by atoms with Gasteiger partial charge in [-0.25, -0.2) is 19.4 Å². The Hall–Kier alpha value is -3.92. The van der Waals surface area contributed by atoms with Crippen LogP contribution in [0.25, 0.3) is 5.69 Å². The van der Waals surface area contributed by atoms with Crippen molar-refractivity contribution in [3.8, 4) is 5.69 Å². The molecule has 2 heterocycles. The first-order valence-electron chi connectivity index (χ1n) is 11.1. The van der Waals surface area contributed by atoms with Crippen molar-refractivity contribution in [2.24, 2.45) is 0 Å². The van der Waals surface area contributed by atoms with Crippen molar-refractivity contribution in [1.29, 1.82) is 5.41 Å². The number of alkyl halides is 6. The fourth-order valence-corrected chi connectivity index (χ4v) is 3.23. The summed E-state index contributed by atoms with van der Waals surface area (Å²) in [5.74, 6) is -0.551. The van der Waals surface area contributed by atoms with Crippen LogP contribution in [-0.4, -0.2) is 73.2 Å². The molecule has 0 bridgehead atoms. The minimum Gasteiger partial charge on any atom is -0.382 e. The second-order valence-corrected chi connectivity index (χ2v) is 8.39. The second kappa shape index (κ2) is 12.3. The Bertz CT molecular complexity index is 1280. The quantitative estimate of drug-likeness (QED) is 0.171. The van der Waals surface area contributed by atoms with E-state index in [0.29, 0.717) is 9.92 Å². The average molecular weight is 579 g/mol. The Morgan fingerprint density at radius 3 is 2.46 bits per heavy atom. The van der Waals surface area contributed by atoms with E-state index in [1.54, 1.807) is 0 Å². The molecule has 3 aromatic rings. The largest absolute Gasteiger partial charge is 0.416 e. The minimum absolute atomic E-state index is 0.0113. The Labute approximate surface area is 222 Å². The number of halogens is 7. The monoisotopic (exact) mass is 578 g/mol. The van der Waals surface area contributed by atoms with Gasteiger partial charge in [-0.2, -0.15) is 26.3 Å². The van der Waals surface area contributed by atoms with E-state index in [-0.39, 0.29) is 22.9 Å². The molecule has 210 valence electrons. The predicted molar refractivity (Wildman–Crippen MR) is 128 cm³/mol. The van der Waals surface area contributed by atoms with E-state index in [2.05, 4.69) is 25.7 Å². The van der Waals surface area contributed by atoms with Crippen LogP contribution in [0.1, 0.15) is 17.8 Å². The molecule has 2 aromatic heterocycles. The van der Waals surface area contributed by atoms with E-state index in [1.165, 1.54) is 53.6 Å². The number of anilines is 1. The van der Waals surface area contributed by atoms with Crippen molar-refractivity contribution in [2.45, 2.75) is 31.4 Å². The van der Waals surface area contributed by atoms with Gasteiger partial charge in [-0.1, -0.05) is 11.6 Å². The Morgan fingerprint density at radius 2 is 1.82 bits per heavy atom. The molecule has 1 aromatic carbocycles. The van der Waals surface area contributed by atoms with Gasteiger partial charge < -0.3 is 15.7 Å². The molecule has 0 aliphatic rings. The smallest absolute Gasteiger partial charge is 0.382 e. The maximum absolute atomic E-state index is 13.0. The Balaban J connectivity index is 1.72. The molecule has 1 atom stereocenters. The minimum atomic E-state index is -5.05. The number of amides is 2. The van der Waals surface area contributed by atoms with Gasteiger partial charge in [0.05, 0.1) is 19.5 Å². The van der Waals surface area contributed by atoms with Crippen molar-refractivity contribution in [3.63, 3.8) is 0 Å². The van der Waals surface area contributed by atoms with Crippen LogP contribution in [0.4, 0.5) is 37.0 Å². The standard InChI is InChI=1S/C22H21ClF6N8O2/c23-14-5-3-13(4-6-14)18(30)36(11-16(38)22(27,28)29)20(39)33-10-17-34-12-37(35-17)15-2-1-8-31-19(15)32-9-7-21(24,25)26/h1-6,8,12,16,30,38H,7,9-11H2,(H,31,32)(H,33,39)/t16-/m0/s1. The van der Waals surface area contributed by atoms with Crippen molar-refractivity contribution in [2.75, 3.05) is 18.4 Å². The number of hydrogen-bond acceptors (Lipinski definition) is 7. The first-order valence-corrected chi connectivity index (χ1v) is 11.4. The molecule has 3 rings (SSSR count). The summed E-state index contributed by atoms with van der Waals surface area (Å²) in [6.07, 6.45) is -10.9. The van der Waals surface area contributed by atoms with E-state index in [4.69, 9.17) is 17.0 Å². The molecule has 2 amide bonds. The summed E-state index contributed by atoms with van der Waals surface area (Å²) < 4.78 is 77.6. The van der Waals surface area contributed by atoms with Crippen LogP contribution in [0, 0.1) is 5.41 Å². The van der Waals surface area contributed by atoms with E-state index in [1.807, 2.05) is 0 Å². The highest BCUT2D eigenvalue weighted by molar-refractivity contribution is 6.30. The predicted octanol–water partition coefficient (Wildman–Crippen LogP) is 4.14. The summed E-state index contributed by atoms with van der Waals surface area (Å²) in [5, 5.41) is 27.0. The highest BCUT2D eigenvalue weighted by atomic mass is 35.5. The molecule has 0 unspecified atom stereocenters. The molecule has 4 N–H and O–H groups in total. The van der Waals surface area contributed by atoms with E-state index >= 15 is 0 Å². The SMILES string of the molecule is N=C(c1ccc(Cl)cc1)N(C[C@H](O)C(F)(F)F)C(=O)NCc1ncn(-c2cccnc2NCCC(F)(F)F)n1. The van der Waals surface area contributed by atoms with E-state index in [0.717, 1.165) is 0 Å². The number of pyridine rings is 1. The number of carbonyl (C=O) groups is 1. The van der Waals surface area contributed by atoms with E-state index < -0.39 is 56.4 Å². The van der Waals surface area contributed by atoms with Gasteiger partial charge in [0.15, 0.2) is 17.7 Å². The summed E-state index contributed by atoms with van der Waals surface area (Å²) in [4.78, 5) is 21.2. The number of hydrogen-bond donors (Lipinski definition) is 4. The van der Waals surface area contributed by atoms with E-state index in [9.17, 15) is 36.2 Å². The van der Waals surface area contributed by atoms with Gasteiger partial charge >= 0.3 is 18.4 Å². The third-order valence-corrected chi connectivity index (χ3v) is 5.29. The Morgan fingerprint density at radius 1 is 1.13 bits per heavy atom. The highest BCUT2D eigenvalue weighted by Gasteiger charge is 2.41. The number of carbonyl (C=O) groups excluding carboxylic acids is 1. The number of nitrogens with zero attached hydrogens (tertiary/aromatic N) is 5. The number of aliphatic hydroxyl groups excluding tert-OH is 1. The molecular formula is C22H21ClF6N8O2. The van der Waals surface area contributed by atoms with Crippen LogP contribution in [0.2, 0.25) is 5.02 Å². The number of amidine groups is 1. The fourth-order valence-electron chi connectivity index (χ4n) is 3.10. The zero-order chi connectivity index (χ0) is 28.8. The maximum Gasteiger partial charge on any atom is 0.416 e. The normalized spacial score (nSPS) is 12.6. The molecule has 0 fully saturated rings. The van der Waals surface area contributed by atoms with Crippen LogP contribution >= 0.6 is 11.6 Å². The summed E-state index contributed by atoms with van der Waals surface area (Å²) in [6, 6.07) is 7.27. The molecule has 17 heteroatoms. The van der Waals surface area contributed by atoms with Gasteiger partial charge in [0.1, 0.15) is 17.9 Å². The first kappa shape index (κ1) is 29.6. The van der Waals surface area contributed by atoms with Gasteiger partial charge in [-0.15, -0.1) is 5.10 Å². The molecule has 0 aliphatic heterocycles. The zero-order valence-corrected chi connectivity index (χ0v) is 20.5. The number of aromatic nitrogens is 4. The van der Waals surface area contributed by atoms with Gasteiger partial charge in [-0.3, -0.25) is 10.3 Å². The fraction of sp³-hybridized carbons (Fsp3) is 0.318. The lowest BCUT2D eigenvalue weighted by Crippen LogP contribution is -2.50. The van der Waals surface area contributed by atoms with Gasteiger partial charge in [0.2, 0.25) is 0 Å². The molecule has 0 saturated carbocycles. The molecule has 0 radical (unpaired) electrons. The lowest BCUT2D eigenvalue weighted by Gasteiger charge is -2.26. The number of rotatable bonds is 9. The van der Waals surface area contributed by atoms with Crippen LogP contribution < -0.4 is 10.6 Å². The number of benzene rings is 1. The molecule has 0 spiro atoms. The lowest BCUT2D eigenvalue weighted by molar-refractivity contribution is -0.204.